The molecule has 0 spiro atoms. The number of phenols is 1. The maximum absolute atomic E-state index is 13.7. The minimum Gasteiger partial charge on any atom is -0.508 e. The molecule has 0 radical (unpaired) electrons. The first-order chi connectivity index (χ1) is 15.3. The topological polar surface area (TPSA) is 90.4 Å². The number of aryl methyl sites for hydroxylation is 1. The Bertz CT molecular complexity index is 1280. The molecule has 4 rings (SSSR count). The van der Waals surface area contributed by atoms with Crippen molar-refractivity contribution in [1.29, 1.82) is 0 Å². The summed E-state index contributed by atoms with van der Waals surface area (Å²) in [5.74, 6) is -0.254. The molecule has 32 heavy (non-hydrogen) atoms. The van der Waals surface area contributed by atoms with Crippen molar-refractivity contribution < 1.29 is 15.0 Å². The van der Waals surface area contributed by atoms with Gasteiger partial charge in [-0.2, -0.15) is 0 Å². The molecule has 5 heteroatoms. The Labute approximate surface area is 187 Å². The van der Waals surface area contributed by atoms with E-state index in [1.807, 2.05) is 32.1 Å². The molecule has 3 N–H and O–H groups in total. The predicted molar refractivity (Wildman–Crippen MR) is 126 cm³/mol. The summed E-state index contributed by atoms with van der Waals surface area (Å²) in [5.41, 5.74) is 4.73. The molecule has 0 amide bonds. The van der Waals surface area contributed by atoms with Crippen molar-refractivity contribution >= 4 is 11.9 Å². The largest absolute Gasteiger partial charge is 0.508 e. The van der Waals surface area contributed by atoms with Gasteiger partial charge < -0.3 is 15.2 Å². The molecule has 0 fully saturated rings. The molecular weight excluding hydrogens is 402 g/mol. The summed E-state index contributed by atoms with van der Waals surface area (Å²) in [6.07, 6.45) is 8.19. The molecule has 1 heterocycles. The van der Waals surface area contributed by atoms with Crippen LogP contribution in [0.3, 0.4) is 0 Å². The molecule has 0 unspecified atom stereocenters. The lowest BCUT2D eigenvalue weighted by atomic mass is 9.78. The van der Waals surface area contributed by atoms with E-state index in [9.17, 15) is 19.8 Å². The Balaban J connectivity index is 1.91. The van der Waals surface area contributed by atoms with Gasteiger partial charge in [0.2, 0.25) is 5.78 Å². The third-order valence-corrected chi connectivity index (χ3v) is 6.31. The van der Waals surface area contributed by atoms with E-state index in [-0.39, 0.29) is 17.1 Å². The second-order valence-corrected chi connectivity index (χ2v) is 8.59. The molecule has 164 valence electrons. The normalized spacial score (nSPS) is 15.7. The Morgan fingerprint density at radius 1 is 1.16 bits per heavy atom. The lowest BCUT2D eigenvalue weighted by Gasteiger charge is -2.26. The van der Waals surface area contributed by atoms with E-state index < -0.39 is 11.3 Å². The number of benzene rings is 2. The van der Waals surface area contributed by atoms with Crippen LogP contribution in [0.5, 0.6) is 11.5 Å². The number of ketones is 1. The average molecular weight is 430 g/mol. The summed E-state index contributed by atoms with van der Waals surface area (Å²) in [4.78, 5) is 29.0. The molecule has 5 nitrogen and oxygen atoms in total. The quantitative estimate of drug-likeness (QED) is 0.500. The molecule has 3 aromatic rings. The first-order valence-electron chi connectivity index (χ1n) is 10.9. The number of pyridine rings is 1. The fourth-order valence-corrected chi connectivity index (χ4v) is 4.64. The van der Waals surface area contributed by atoms with Gasteiger partial charge in [0.25, 0.3) is 5.56 Å². The number of carbonyl (C=O) groups is 1. The smallest absolute Gasteiger partial charge is 0.263 e. The Hall–Kier alpha value is -3.60. The summed E-state index contributed by atoms with van der Waals surface area (Å²) in [5, 5.41) is 20.5. The number of aromatic nitrogens is 1. The number of fused-ring (bicyclic) bond motifs is 1. The van der Waals surface area contributed by atoms with Crippen LogP contribution in [0, 0.1) is 12.8 Å². The first-order valence-corrected chi connectivity index (χ1v) is 10.9. The summed E-state index contributed by atoms with van der Waals surface area (Å²) < 4.78 is 0. The summed E-state index contributed by atoms with van der Waals surface area (Å²) >= 11 is 0. The van der Waals surface area contributed by atoms with E-state index >= 15 is 0 Å². The minimum atomic E-state index is -0.634. The number of carbonyl (C=O) groups excluding carboxylic acids is 1. The van der Waals surface area contributed by atoms with Crippen molar-refractivity contribution in [2.45, 2.75) is 40.0 Å². The van der Waals surface area contributed by atoms with Crippen molar-refractivity contribution in [3.8, 4) is 22.6 Å². The summed E-state index contributed by atoms with van der Waals surface area (Å²) in [6.45, 7) is 6.12. The van der Waals surface area contributed by atoms with Gasteiger partial charge >= 0.3 is 0 Å². The van der Waals surface area contributed by atoms with E-state index in [1.54, 1.807) is 12.1 Å². The molecule has 1 aliphatic rings. The summed E-state index contributed by atoms with van der Waals surface area (Å²) in [7, 11) is 0. The van der Waals surface area contributed by atoms with Crippen LogP contribution in [0.15, 0.2) is 47.4 Å². The maximum atomic E-state index is 13.7. The number of hydrogen-bond donors (Lipinski definition) is 3. The second-order valence-electron chi connectivity index (χ2n) is 8.59. The number of phenolic OH excluding ortho intramolecular Hbond substituents is 1. The van der Waals surface area contributed by atoms with Gasteiger partial charge in [-0.25, -0.2) is 0 Å². The highest BCUT2D eigenvalue weighted by molar-refractivity contribution is 6.13. The standard InChI is InChI=1S/C27H27NO4/c1-4-5-20-21-12-15(2)6-11-19(21)16(3)13-22(20)25(30)24-26(31)23(14-28-27(24)32)17-7-9-18(29)10-8-17/h4-5,7-10,13-15,29H,6,11-12H2,1-3H3,(H2,28,31,32)/b5-4+/t15-/m0/s1. The maximum Gasteiger partial charge on any atom is 0.263 e. The number of aromatic amines is 1. The third-order valence-electron chi connectivity index (χ3n) is 6.31. The van der Waals surface area contributed by atoms with Crippen LogP contribution in [0.4, 0.5) is 0 Å². The fourth-order valence-electron chi connectivity index (χ4n) is 4.64. The molecule has 0 bridgehead atoms. The highest BCUT2D eigenvalue weighted by Crippen LogP contribution is 2.36. The van der Waals surface area contributed by atoms with E-state index in [1.165, 1.54) is 23.9 Å². The monoisotopic (exact) mass is 429 g/mol. The zero-order chi connectivity index (χ0) is 23.0. The number of rotatable bonds is 4. The molecule has 1 atom stereocenters. The zero-order valence-electron chi connectivity index (χ0n) is 18.5. The van der Waals surface area contributed by atoms with E-state index in [4.69, 9.17) is 0 Å². The Morgan fingerprint density at radius 2 is 1.88 bits per heavy atom. The van der Waals surface area contributed by atoms with Crippen LogP contribution in [-0.4, -0.2) is 21.0 Å². The first kappa shape index (κ1) is 21.6. The molecule has 1 aromatic heterocycles. The molecule has 0 aliphatic heterocycles. The molecule has 2 aromatic carbocycles. The lowest BCUT2D eigenvalue weighted by Crippen LogP contribution is -2.22. The van der Waals surface area contributed by atoms with Gasteiger partial charge in [0, 0.05) is 17.3 Å². The number of nitrogens with one attached hydrogen (secondary N) is 1. The van der Waals surface area contributed by atoms with Gasteiger partial charge in [-0.15, -0.1) is 0 Å². The van der Waals surface area contributed by atoms with Crippen molar-refractivity contribution in [3.05, 3.63) is 86.3 Å². The number of aromatic hydroxyl groups is 2. The van der Waals surface area contributed by atoms with E-state index in [2.05, 4.69) is 11.9 Å². The molecule has 0 saturated carbocycles. The van der Waals surface area contributed by atoms with Crippen LogP contribution >= 0.6 is 0 Å². The highest BCUT2D eigenvalue weighted by atomic mass is 16.3. The van der Waals surface area contributed by atoms with Gasteiger partial charge in [-0.1, -0.05) is 31.2 Å². The van der Waals surface area contributed by atoms with E-state index in [0.29, 0.717) is 22.6 Å². The molecule has 1 aliphatic carbocycles. The van der Waals surface area contributed by atoms with Crippen LogP contribution in [0.2, 0.25) is 0 Å². The van der Waals surface area contributed by atoms with Crippen molar-refractivity contribution in [2.24, 2.45) is 5.92 Å². The summed E-state index contributed by atoms with van der Waals surface area (Å²) in [6, 6.07) is 8.05. The molecular formula is C27H27NO4. The van der Waals surface area contributed by atoms with Gasteiger partial charge in [0.05, 0.1) is 0 Å². The zero-order valence-corrected chi connectivity index (χ0v) is 18.5. The van der Waals surface area contributed by atoms with Gasteiger partial charge in [-0.05, 0) is 85.0 Å². The Morgan fingerprint density at radius 3 is 2.56 bits per heavy atom. The molecule has 0 saturated heterocycles. The van der Waals surface area contributed by atoms with Crippen LogP contribution < -0.4 is 5.56 Å². The average Bonchev–Trinajstić information content (AvgIpc) is 2.76. The van der Waals surface area contributed by atoms with E-state index in [0.717, 1.165) is 36.0 Å². The Kier molecular flexibility index (Phi) is 5.74. The third kappa shape index (κ3) is 3.75. The fraction of sp³-hybridized carbons (Fsp3) is 0.259. The lowest BCUT2D eigenvalue weighted by molar-refractivity contribution is 0.103. The van der Waals surface area contributed by atoms with Gasteiger partial charge in [0.1, 0.15) is 17.1 Å². The number of allylic oxidation sites excluding steroid dienone is 1. The minimum absolute atomic E-state index is 0.0868. The van der Waals surface area contributed by atoms with Crippen LogP contribution in [0.1, 0.15) is 58.4 Å². The van der Waals surface area contributed by atoms with Crippen molar-refractivity contribution in [2.75, 3.05) is 0 Å². The number of H-pyrrole nitrogens is 1. The van der Waals surface area contributed by atoms with Crippen LogP contribution in [0.25, 0.3) is 17.2 Å². The van der Waals surface area contributed by atoms with Crippen LogP contribution in [-0.2, 0) is 12.8 Å². The van der Waals surface area contributed by atoms with Crippen molar-refractivity contribution in [3.63, 3.8) is 0 Å². The number of hydrogen-bond acceptors (Lipinski definition) is 4. The van der Waals surface area contributed by atoms with Gasteiger partial charge in [-0.3, -0.25) is 9.59 Å². The van der Waals surface area contributed by atoms with Crippen molar-refractivity contribution in [1.82, 2.24) is 4.98 Å². The van der Waals surface area contributed by atoms with Gasteiger partial charge in [0.15, 0.2) is 0 Å². The predicted octanol–water partition coefficient (Wildman–Crippen LogP) is 5.15. The second kappa shape index (κ2) is 8.50. The SMILES string of the molecule is C/C=C/c1c(C(=O)c2c(O)c(-c3ccc(O)cc3)c[nH]c2=O)cc(C)c2c1C[C@@H](C)CC2. The highest BCUT2D eigenvalue weighted by Gasteiger charge is 2.27.